The van der Waals surface area contributed by atoms with Gasteiger partial charge in [0.2, 0.25) is 11.8 Å². The van der Waals surface area contributed by atoms with Crippen molar-refractivity contribution in [2.75, 3.05) is 25.2 Å². The highest BCUT2D eigenvalue weighted by Gasteiger charge is 2.63. The standard InChI is InChI=1S/C25H23ClN2O4/c1-32-13-5-12-27-24(30)20-19-10-8-16-14-17(26)9-11-18(16)28(19)22(21(20)25(27)31)23(29)15-6-3-2-4-7-15/h2-4,6-11,14,19-22H,5,12-13H2,1H3/t19-,20+,21-,22-/m1/s1. The summed E-state index contributed by atoms with van der Waals surface area (Å²) in [6.45, 7) is 0.760. The summed E-state index contributed by atoms with van der Waals surface area (Å²) in [6, 6.07) is 13.3. The lowest BCUT2D eigenvalue weighted by atomic mass is 9.86. The molecule has 0 unspecified atom stereocenters. The summed E-state index contributed by atoms with van der Waals surface area (Å²) in [7, 11) is 1.59. The number of fused-ring (bicyclic) bond motifs is 5. The second-order valence-corrected chi connectivity index (χ2v) is 8.80. The van der Waals surface area contributed by atoms with E-state index in [0.717, 1.165) is 11.3 Å². The Kier molecular flexibility index (Phi) is 5.35. The molecule has 6 nitrogen and oxygen atoms in total. The zero-order valence-corrected chi connectivity index (χ0v) is 18.4. The predicted octanol–water partition coefficient (Wildman–Crippen LogP) is 3.44. The first-order chi connectivity index (χ1) is 15.5. The number of ether oxygens (including phenoxy) is 1. The molecule has 0 aromatic heterocycles. The highest BCUT2D eigenvalue weighted by atomic mass is 35.5. The number of carbonyl (C=O) groups excluding carboxylic acids is 3. The molecule has 0 spiro atoms. The predicted molar refractivity (Wildman–Crippen MR) is 122 cm³/mol. The van der Waals surface area contributed by atoms with Gasteiger partial charge in [-0.2, -0.15) is 0 Å². The SMILES string of the molecule is COCCCN1C(=O)[C@@H]2[C@@H](C1=O)[C@H](C(=O)c1ccccc1)N1c3ccc(Cl)cc3C=C[C@H]21. The second kappa shape index (κ2) is 8.19. The van der Waals surface area contributed by atoms with Gasteiger partial charge < -0.3 is 9.64 Å². The smallest absolute Gasteiger partial charge is 0.235 e. The molecular formula is C25H23ClN2O4. The van der Waals surface area contributed by atoms with Crippen LogP contribution >= 0.6 is 11.6 Å². The molecule has 164 valence electrons. The van der Waals surface area contributed by atoms with Gasteiger partial charge in [0.05, 0.1) is 17.9 Å². The van der Waals surface area contributed by atoms with Crippen LogP contribution < -0.4 is 4.90 Å². The summed E-state index contributed by atoms with van der Waals surface area (Å²) in [4.78, 5) is 43.9. The van der Waals surface area contributed by atoms with Crippen molar-refractivity contribution in [2.24, 2.45) is 11.8 Å². The number of likely N-dealkylation sites (tertiary alicyclic amines) is 1. The molecule has 2 aromatic carbocycles. The lowest BCUT2D eigenvalue weighted by Gasteiger charge is -2.36. The summed E-state index contributed by atoms with van der Waals surface area (Å²) in [5.74, 6) is -1.96. The molecule has 0 N–H and O–H groups in total. The van der Waals surface area contributed by atoms with Gasteiger partial charge in [-0.15, -0.1) is 0 Å². The number of anilines is 1. The Morgan fingerprint density at radius 1 is 1.06 bits per heavy atom. The normalized spacial score (nSPS) is 25.7. The number of benzene rings is 2. The quantitative estimate of drug-likeness (QED) is 0.383. The molecule has 7 heteroatoms. The molecule has 2 saturated heterocycles. The molecule has 2 amide bonds. The summed E-state index contributed by atoms with van der Waals surface area (Å²) >= 11 is 6.19. The number of Topliss-reactive ketones (excluding diaryl/α,β-unsaturated/α-hetero) is 1. The number of amides is 2. The highest BCUT2D eigenvalue weighted by Crippen LogP contribution is 2.49. The van der Waals surface area contributed by atoms with E-state index in [0.29, 0.717) is 30.2 Å². The third-order valence-corrected chi connectivity index (χ3v) is 6.85. The Balaban J connectivity index is 1.59. The summed E-state index contributed by atoms with van der Waals surface area (Å²) in [6.07, 6.45) is 4.43. The number of nitrogens with zero attached hydrogens (tertiary/aromatic N) is 2. The first kappa shape index (κ1) is 20.9. The molecule has 0 bridgehead atoms. The third-order valence-electron chi connectivity index (χ3n) is 6.62. The van der Waals surface area contributed by atoms with E-state index in [-0.39, 0.29) is 23.6 Å². The molecule has 0 aliphatic carbocycles. The zero-order chi connectivity index (χ0) is 22.4. The van der Waals surface area contributed by atoms with E-state index < -0.39 is 17.9 Å². The molecule has 3 aliphatic rings. The van der Waals surface area contributed by atoms with Crippen molar-refractivity contribution in [1.29, 1.82) is 0 Å². The number of hydrogen-bond acceptors (Lipinski definition) is 5. The van der Waals surface area contributed by atoms with Gasteiger partial charge in [0, 0.05) is 36.5 Å². The van der Waals surface area contributed by atoms with Crippen molar-refractivity contribution in [2.45, 2.75) is 18.5 Å². The topological polar surface area (TPSA) is 66.9 Å². The number of rotatable bonds is 6. The lowest BCUT2D eigenvalue weighted by molar-refractivity contribution is -0.140. The van der Waals surface area contributed by atoms with Crippen molar-refractivity contribution in [1.82, 2.24) is 4.90 Å². The van der Waals surface area contributed by atoms with E-state index in [1.165, 1.54) is 4.90 Å². The van der Waals surface area contributed by atoms with Crippen molar-refractivity contribution < 1.29 is 19.1 Å². The van der Waals surface area contributed by atoms with Crippen molar-refractivity contribution in [3.05, 3.63) is 70.8 Å². The molecule has 3 aliphatic heterocycles. The van der Waals surface area contributed by atoms with Crippen LogP contribution in [-0.2, 0) is 14.3 Å². The lowest BCUT2D eigenvalue weighted by Crippen LogP contribution is -2.48. The van der Waals surface area contributed by atoms with Crippen LogP contribution in [0.3, 0.4) is 0 Å². The first-order valence-electron chi connectivity index (χ1n) is 10.7. The van der Waals surface area contributed by atoms with Crippen LogP contribution in [0.5, 0.6) is 0 Å². The van der Waals surface area contributed by atoms with Crippen molar-refractivity contribution in [3.63, 3.8) is 0 Å². The Morgan fingerprint density at radius 3 is 2.56 bits per heavy atom. The molecule has 0 saturated carbocycles. The molecular weight excluding hydrogens is 428 g/mol. The maximum atomic E-state index is 13.7. The minimum absolute atomic E-state index is 0.154. The van der Waals surface area contributed by atoms with E-state index in [1.807, 2.05) is 35.3 Å². The molecule has 2 fully saturated rings. The van der Waals surface area contributed by atoms with E-state index in [1.54, 1.807) is 37.4 Å². The van der Waals surface area contributed by atoms with E-state index in [2.05, 4.69) is 0 Å². The minimum atomic E-state index is -0.763. The molecule has 4 atom stereocenters. The third kappa shape index (κ3) is 3.17. The molecule has 3 heterocycles. The van der Waals surface area contributed by atoms with Crippen LogP contribution in [0.2, 0.25) is 5.02 Å². The van der Waals surface area contributed by atoms with Gasteiger partial charge in [-0.05, 0) is 30.2 Å². The van der Waals surface area contributed by atoms with Gasteiger partial charge >= 0.3 is 0 Å². The maximum absolute atomic E-state index is 13.7. The Morgan fingerprint density at radius 2 is 1.81 bits per heavy atom. The highest BCUT2D eigenvalue weighted by molar-refractivity contribution is 6.30. The average Bonchev–Trinajstić information content (AvgIpc) is 3.27. The van der Waals surface area contributed by atoms with E-state index in [9.17, 15) is 14.4 Å². The number of methoxy groups -OCH3 is 1. The molecule has 5 rings (SSSR count). The number of carbonyl (C=O) groups is 3. The van der Waals surface area contributed by atoms with Crippen LogP contribution in [0.4, 0.5) is 5.69 Å². The van der Waals surface area contributed by atoms with Gasteiger partial charge in [-0.25, -0.2) is 0 Å². The number of halogens is 1. The average molecular weight is 451 g/mol. The Hall–Kier alpha value is -2.96. The van der Waals surface area contributed by atoms with E-state index >= 15 is 0 Å². The van der Waals surface area contributed by atoms with Gasteiger partial charge in [-0.1, -0.05) is 54.1 Å². The summed E-state index contributed by atoms with van der Waals surface area (Å²) in [5.41, 5.74) is 2.22. The van der Waals surface area contributed by atoms with Crippen LogP contribution in [0.15, 0.2) is 54.6 Å². The van der Waals surface area contributed by atoms with Crippen LogP contribution in [0.25, 0.3) is 6.08 Å². The van der Waals surface area contributed by atoms with Gasteiger partial charge in [0.25, 0.3) is 0 Å². The fraction of sp³-hybridized carbons (Fsp3) is 0.320. The molecule has 32 heavy (non-hydrogen) atoms. The van der Waals surface area contributed by atoms with Crippen LogP contribution in [0.1, 0.15) is 22.3 Å². The number of ketones is 1. The van der Waals surface area contributed by atoms with E-state index in [4.69, 9.17) is 16.3 Å². The van der Waals surface area contributed by atoms with Crippen LogP contribution in [-0.4, -0.2) is 54.8 Å². The Labute approximate surface area is 191 Å². The zero-order valence-electron chi connectivity index (χ0n) is 17.6. The number of hydrogen-bond donors (Lipinski definition) is 0. The summed E-state index contributed by atoms with van der Waals surface area (Å²) in [5, 5.41) is 0.591. The molecule has 2 aromatic rings. The largest absolute Gasteiger partial charge is 0.385 e. The first-order valence-corrected chi connectivity index (χ1v) is 11.1. The second-order valence-electron chi connectivity index (χ2n) is 8.36. The van der Waals surface area contributed by atoms with Crippen LogP contribution in [0, 0.1) is 11.8 Å². The maximum Gasteiger partial charge on any atom is 0.235 e. The van der Waals surface area contributed by atoms with Gasteiger partial charge in [-0.3, -0.25) is 19.3 Å². The number of imide groups is 1. The fourth-order valence-corrected chi connectivity index (χ4v) is 5.45. The minimum Gasteiger partial charge on any atom is -0.385 e. The van der Waals surface area contributed by atoms with Gasteiger partial charge in [0.15, 0.2) is 5.78 Å². The van der Waals surface area contributed by atoms with Crippen molar-refractivity contribution >= 4 is 41.0 Å². The fourth-order valence-electron chi connectivity index (χ4n) is 5.27. The van der Waals surface area contributed by atoms with Gasteiger partial charge in [0.1, 0.15) is 6.04 Å². The Bertz CT molecular complexity index is 1120. The monoisotopic (exact) mass is 450 g/mol. The van der Waals surface area contributed by atoms with Crippen molar-refractivity contribution in [3.8, 4) is 0 Å². The molecule has 0 radical (unpaired) electrons. The summed E-state index contributed by atoms with van der Waals surface area (Å²) < 4.78 is 5.08.